The highest BCUT2D eigenvalue weighted by molar-refractivity contribution is 5.84. The van der Waals surface area contributed by atoms with E-state index in [1.807, 2.05) is 0 Å². The number of alkyl halides is 1. The summed E-state index contributed by atoms with van der Waals surface area (Å²) >= 11 is 0. The number of halogens is 1. The Bertz CT molecular complexity index is 270. The molecular weight excluding hydrogens is 201 g/mol. The molecule has 0 heterocycles. The van der Waals surface area contributed by atoms with Gasteiger partial charge < -0.3 is 9.84 Å². The zero-order chi connectivity index (χ0) is 12.1. The smallest absolute Gasteiger partial charge is 0.356 e. The van der Waals surface area contributed by atoms with Gasteiger partial charge in [-0.3, -0.25) is 0 Å². The van der Waals surface area contributed by atoms with Crippen LogP contribution in [0.3, 0.4) is 0 Å². The van der Waals surface area contributed by atoms with Crippen LogP contribution in [0.4, 0.5) is 4.39 Å². The second-order valence-corrected chi connectivity index (χ2v) is 3.22. The maximum absolute atomic E-state index is 14.1. The molecular formula is C10H16FNO3. The number of nitrogens with zero attached hydrogens (tertiary/aromatic N) is 1. The van der Waals surface area contributed by atoms with Crippen molar-refractivity contribution in [3.8, 4) is 6.07 Å². The maximum atomic E-state index is 14.1. The molecule has 86 valence electrons. The molecule has 0 aliphatic rings. The summed E-state index contributed by atoms with van der Waals surface area (Å²) in [5, 5.41) is 18.5. The van der Waals surface area contributed by atoms with E-state index in [1.54, 1.807) is 0 Å². The van der Waals surface area contributed by atoms with Crippen LogP contribution in [0.1, 0.15) is 33.6 Å². The maximum Gasteiger partial charge on any atom is 0.356 e. The minimum Gasteiger partial charge on any atom is -0.463 e. The Labute approximate surface area is 88.7 Å². The fraction of sp³-hybridized carbons (Fsp3) is 0.800. The highest BCUT2D eigenvalue weighted by Crippen LogP contribution is 2.34. The molecule has 0 saturated heterocycles. The first-order valence-electron chi connectivity index (χ1n) is 4.91. The molecule has 4 nitrogen and oxygen atoms in total. The molecule has 0 radical (unpaired) electrons. The lowest BCUT2D eigenvalue weighted by molar-refractivity contribution is -0.174. The zero-order valence-electron chi connectivity index (χ0n) is 9.21. The molecule has 0 spiro atoms. The average molecular weight is 217 g/mol. The van der Waals surface area contributed by atoms with E-state index in [0.717, 1.165) is 0 Å². The van der Waals surface area contributed by atoms with E-state index in [1.165, 1.54) is 26.8 Å². The van der Waals surface area contributed by atoms with Crippen molar-refractivity contribution in [1.82, 2.24) is 0 Å². The third-order valence-corrected chi connectivity index (χ3v) is 2.50. The van der Waals surface area contributed by atoms with Crippen LogP contribution in [0.25, 0.3) is 0 Å². The molecule has 0 fully saturated rings. The standard InChI is InChI=1S/C10H16FNO3/c1-4-9(11,5-2)10(14,7-12)8(13)15-6-3/h14H,4-6H2,1-3H3. The first kappa shape index (κ1) is 13.8. The highest BCUT2D eigenvalue weighted by atomic mass is 19.1. The van der Waals surface area contributed by atoms with Gasteiger partial charge in [-0.2, -0.15) is 5.26 Å². The van der Waals surface area contributed by atoms with Gasteiger partial charge in [0, 0.05) is 0 Å². The van der Waals surface area contributed by atoms with Crippen LogP contribution >= 0.6 is 0 Å². The lowest BCUT2D eigenvalue weighted by atomic mass is 9.81. The van der Waals surface area contributed by atoms with Crippen molar-refractivity contribution in [2.75, 3.05) is 6.61 Å². The van der Waals surface area contributed by atoms with Gasteiger partial charge in [-0.15, -0.1) is 0 Å². The van der Waals surface area contributed by atoms with Gasteiger partial charge in [-0.25, -0.2) is 9.18 Å². The highest BCUT2D eigenvalue weighted by Gasteiger charge is 2.56. The molecule has 0 rings (SSSR count). The molecule has 15 heavy (non-hydrogen) atoms. The van der Waals surface area contributed by atoms with Crippen molar-refractivity contribution >= 4 is 5.97 Å². The Hall–Kier alpha value is -1.15. The molecule has 0 bridgehead atoms. The average Bonchev–Trinajstić information content (AvgIpc) is 2.26. The fourth-order valence-corrected chi connectivity index (χ4v) is 1.33. The Morgan fingerprint density at radius 2 is 1.93 bits per heavy atom. The van der Waals surface area contributed by atoms with Gasteiger partial charge in [-0.05, 0) is 19.8 Å². The van der Waals surface area contributed by atoms with Gasteiger partial charge in [0.05, 0.1) is 6.61 Å². The molecule has 0 amide bonds. The normalized spacial score (nSPS) is 15.2. The number of hydrogen-bond donors (Lipinski definition) is 1. The van der Waals surface area contributed by atoms with Gasteiger partial charge in [0.25, 0.3) is 5.60 Å². The summed E-state index contributed by atoms with van der Waals surface area (Å²) in [6, 6.07) is 1.31. The van der Waals surface area contributed by atoms with Crippen LogP contribution in [0.15, 0.2) is 0 Å². The summed E-state index contributed by atoms with van der Waals surface area (Å²) in [5.74, 6) is -1.22. The SMILES string of the molecule is CCOC(=O)C(O)(C#N)C(F)(CC)CC. The molecule has 0 aromatic rings. The topological polar surface area (TPSA) is 70.3 Å². The van der Waals surface area contributed by atoms with Crippen LogP contribution in [0, 0.1) is 11.3 Å². The van der Waals surface area contributed by atoms with Crippen LogP contribution in [0.2, 0.25) is 0 Å². The summed E-state index contributed by atoms with van der Waals surface area (Å²) < 4.78 is 18.6. The van der Waals surface area contributed by atoms with Crippen molar-refractivity contribution in [2.24, 2.45) is 0 Å². The number of carbonyl (C=O) groups is 1. The second kappa shape index (κ2) is 5.08. The van der Waals surface area contributed by atoms with Crippen molar-refractivity contribution < 1.29 is 19.0 Å². The number of ether oxygens (including phenoxy) is 1. The van der Waals surface area contributed by atoms with E-state index in [2.05, 4.69) is 4.74 Å². The van der Waals surface area contributed by atoms with E-state index in [0.29, 0.717) is 0 Å². The van der Waals surface area contributed by atoms with Crippen molar-refractivity contribution in [3.63, 3.8) is 0 Å². The molecule has 0 aliphatic carbocycles. The van der Waals surface area contributed by atoms with Crippen LogP contribution < -0.4 is 0 Å². The van der Waals surface area contributed by atoms with Gasteiger partial charge in [0.15, 0.2) is 5.67 Å². The number of rotatable bonds is 5. The predicted molar refractivity (Wildman–Crippen MR) is 51.6 cm³/mol. The van der Waals surface area contributed by atoms with Crippen molar-refractivity contribution in [1.29, 1.82) is 5.26 Å². The van der Waals surface area contributed by atoms with E-state index in [-0.39, 0.29) is 19.4 Å². The second-order valence-electron chi connectivity index (χ2n) is 3.22. The Kier molecular flexibility index (Phi) is 4.69. The monoisotopic (exact) mass is 217 g/mol. The first-order chi connectivity index (χ1) is 6.91. The lowest BCUT2D eigenvalue weighted by Crippen LogP contribution is -2.56. The lowest BCUT2D eigenvalue weighted by Gasteiger charge is -2.32. The van der Waals surface area contributed by atoms with E-state index in [4.69, 9.17) is 5.26 Å². The fourth-order valence-electron chi connectivity index (χ4n) is 1.33. The molecule has 0 aromatic carbocycles. The third-order valence-electron chi connectivity index (χ3n) is 2.50. The van der Waals surface area contributed by atoms with Crippen LogP contribution in [0.5, 0.6) is 0 Å². The van der Waals surface area contributed by atoms with Crippen LogP contribution in [-0.2, 0) is 9.53 Å². The summed E-state index contributed by atoms with van der Waals surface area (Å²) in [7, 11) is 0. The third kappa shape index (κ3) is 2.26. The molecule has 1 unspecified atom stereocenters. The summed E-state index contributed by atoms with van der Waals surface area (Å²) in [4.78, 5) is 11.3. The molecule has 0 aliphatic heterocycles. The van der Waals surface area contributed by atoms with E-state index in [9.17, 15) is 14.3 Å². The predicted octanol–water partition coefficient (Wildman–Crippen LogP) is 1.33. The number of aliphatic hydroxyl groups is 1. The Balaban J connectivity index is 5.17. The summed E-state index contributed by atoms with van der Waals surface area (Å²) in [6.45, 7) is 4.44. The molecule has 0 aromatic heterocycles. The van der Waals surface area contributed by atoms with E-state index < -0.39 is 17.2 Å². The number of esters is 1. The van der Waals surface area contributed by atoms with Gasteiger partial charge in [0.2, 0.25) is 0 Å². The Morgan fingerprint density at radius 1 is 1.47 bits per heavy atom. The van der Waals surface area contributed by atoms with E-state index >= 15 is 0 Å². The molecule has 1 N–H and O–H groups in total. The van der Waals surface area contributed by atoms with Crippen LogP contribution in [-0.4, -0.2) is 29.0 Å². The van der Waals surface area contributed by atoms with Gasteiger partial charge in [0.1, 0.15) is 6.07 Å². The largest absolute Gasteiger partial charge is 0.463 e. The van der Waals surface area contributed by atoms with Crippen molar-refractivity contribution in [2.45, 2.75) is 44.9 Å². The molecule has 5 heteroatoms. The zero-order valence-corrected chi connectivity index (χ0v) is 9.21. The molecule has 0 saturated carbocycles. The van der Waals surface area contributed by atoms with Gasteiger partial charge >= 0.3 is 5.97 Å². The number of nitriles is 1. The quantitative estimate of drug-likeness (QED) is 0.557. The Morgan fingerprint density at radius 3 is 2.20 bits per heavy atom. The minimum absolute atomic E-state index is 0.00761. The minimum atomic E-state index is -2.72. The summed E-state index contributed by atoms with van der Waals surface area (Å²) in [5.41, 5.74) is -4.99. The molecule has 1 atom stereocenters. The first-order valence-corrected chi connectivity index (χ1v) is 4.91. The number of carbonyl (C=O) groups excluding carboxylic acids is 1. The van der Waals surface area contributed by atoms with Crippen molar-refractivity contribution in [3.05, 3.63) is 0 Å². The van der Waals surface area contributed by atoms with Gasteiger partial charge in [-0.1, -0.05) is 13.8 Å². The number of hydrogen-bond acceptors (Lipinski definition) is 4. The summed E-state index contributed by atoms with van der Waals surface area (Å²) in [6.07, 6.45) is -0.265.